The number of anilines is 1. The number of nitrogens with zero attached hydrogens (tertiary/aromatic N) is 2. The molecule has 1 atom stereocenters. The SMILES string of the molecule is CC1=C(C(=O)OC(C)C)C(c2ccsc2)NC(=O)N1c1ccc(C#N)cc1. The molecule has 0 fully saturated rings. The van der Waals surface area contributed by atoms with E-state index in [-0.39, 0.29) is 12.1 Å². The quantitative estimate of drug-likeness (QED) is 0.808. The lowest BCUT2D eigenvalue weighted by atomic mass is 9.96. The second kappa shape index (κ2) is 7.64. The Balaban J connectivity index is 2.09. The van der Waals surface area contributed by atoms with Crippen LogP contribution in [0.5, 0.6) is 0 Å². The fraction of sp³-hybridized carbons (Fsp3) is 0.250. The molecule has 1 aliphatic heterocycles. The van der Waals surface area contributed by atoms with Gasteiger partial charge < -0.3 is 10.1 Å². The Bertz CT molecular complexity index is 924. The number of rotatable bonds is 4. The molecule has 2 amide bonds. The highest BCUT2D eigenvalue weighted by Crippen LogP contribution is 2.35. The van der Waals surface area contributed by atoms with Crippen LogP contribution in [0.2, 0.25) is 0 Å². The van der Waals surface area contributed by atoms with Gasteiger partial charge in [0.05, 0.1) is 35.0 Å². The topological polar surface area (TPSA) is 82.4 Å². The lowest BCUT2D eigenvalue weighted by molar-refractivity contribution is -0.143. The molecule has 0 aliphatic carbocycles. The zero-order chi connectivity index (χ0) is 19.6. The lowest BCUT2D eigenvalue weighted by Gasteiger charge is -2.35. The van der Waals surface area contributed by atoms with E-state index in [1.807, 2.05) is 22.9 Å². The van der Waals surface area contributed by atoms with E-state index in [0.29, 0.717) is 22.5 Å². The molecular formula is C20H19N3O3S. The van der Waals surface area contributed by atoms with Crippen molar-refractivity contribution in [2.75, 3.05) is 4.90 Å². The molecule has 1 N–H and O–H groups in total. The van der Waals surface area contributed by atoms with Gasteiger partial charge in [0.25, 0.3) is 0 Å². The lowest BCUT2D eigenvalue weighted by Crippen LogP contribution is -2.48. The number of hydrogen-bond acceptors (Lipinski definition) is 5. The molecule has 2 heterocycles. The van der Waals surface area contributed by atoms with Gasteiger partial charge in [-0.2, -0.15) is 16.6 Å². The Labute approximate surface area is 161 Å². The Kier molecular flexibility index (Phi) is 5.28. The number of carbonyl (C=O) groups is 2. The number of ether oxygens (including phenoxy) is 1. The third kappa shape index (κ3) is 3.71. The van der Waals surface area contributed by atoms with Crippen LogP contribution in [0.4, 0.5) is 10.5 Å². The molecule has 1 aromatic carbocycles. The zero-order valence-corrected chi connectivity index (χ0v) is 16.0. The van der Waals surface area contributed by atoms with Crippen LogP contribution in [0, 0.1) is 11.3 Å². The Morgan fingerprint density at radius 1 is 1.30 bits per heavy atom. The summed E-state index contributed by atoms with van der Waals surface area (Å²) in [6, 6.07) is 9.64. The van der Waals surface area contributed by atoms with Gasteiger partial charge in [-0.15, -0.1) is 0 Å². The molecule has 3 rings (SSSR count). The highest BCUT2D eigenvalue weighted by Gasteiger charge is 2.37. The summed E-state index contributed by atoms with van der Waals surface area (Å²) in [5.41, 5.74) is 2.80. The minimum Gasteiger partial charge on any atom is -0.459 e. The third-order valence-corrected chi connectivity index (χ3v) is 4.88. The van der Waals surface area contributed by atoms with Gasteiger partial charge in [0, 0.05) is 5.70 Å². The number of urea groups is 1. The smallest absolute Gasteiger partial charge is 0.338 e. The molecule has 1 aliphatic rings. The molecule has 6 nitrogen and oxygen atoms in total. The van der Waals surface area contributed by atoms with Crippen molar-refractivity contribution in [3.05, 3.63) is 63.5 Å². The fourth-order valence-corrected chi connectivity index (χ4v) is 3.66. The van der Waals surface area contributed by atoms with Gasteiger partial charge in [-0.1, -0.05) is 0 Å². The maximum atomic E-state index is 12.8. The van der Waals surface area contributed by atoms with E-state index in [2.05, 4.69) is 5.32 Å². The van der Waals surface area contributed by atoms with Gasteiger partial charge in [-0.05, 0) is 67.4 Å². The van der Waals surface area contributed by atoms with Gasteiger partial charge >= 0.3 is 12.0 Å². The highest BCUT2D eigenvalue weighted by molar-refractivity contribution is 7.08. The average molecular weight is 381 g/mol. The van der Waals surface area contributed by atoms with Crippen LogP contribution in [0.25, 0.3) is 0 Å². The molecule has 0 saturated heterocycles. The number of hydrogen-bond donors (Lipinski definition) is 1. The standard InChI is InChI=1S/C20H19N3O3S/c1-12(2)26-19(24)17-13(3)23(16-6-4-14(10-21)5-7-16)20(25)22-18(17)15-8-9-27-11-15/h4-9,11-12,18H,1-3H3,(H,22,25). The van der Waals surface area contributed by atoms with Crippen LogP contribution in [0.15, 0.2) is 52.4 Å². The molecule has 0 spiro atoms. The molecule has 27 heavy (non-hydrogen) atoms. The molecule has 1 unspecified atom stereocenters. The first-order chi connectivity index (χ1) is 12.9. The second-order valence-electron chi connectivity index (χ2n) is 6.39. The highest BCUT2D eigenvalue weighted by atomic mass is 32.1. The summed E-state index contributed by atoms with van der Waals surface area (Å²) in [6.45, 7) is 5.30. The molecule has 138 valence electrons. The number of nitrogens with one attached hydrogen (secondary N) is 1. The number of thiophene rings is 1. The number of amides is 2. The summed E-state index contributed by atoms with van der Waals surface area (Å²) in [5.74, 6) is -0.461. The molecule has 7 heteroatoms. The second-order valence-corrected chi connectivity index (χ2v) is 7.17. The van der Waals surface area contributed by atoms with E-state index in [9.17, 15) is 9.59 Å². The summed E-state index contributed by atoms with van der Waals surface area (Å²) in [4.78, 5) is 27.1. The summed E-state index contributed by atoms with van der Waals surface area (Å²) < 4.78 is 5.43. The number of nitriles is 1. The van der Waals surface area contributed by atoms with E-state index in [4.69, 9.17) is 10.00 Å². The van der Waals surface area contributed by atoms with Crippen molar-refractivity contribution in [3.63, 3.8) is 0 Å². The summed E-state index contributed by atoms with van der Waals surface area (Å²) in [5, 5.41) is 15.7. The van der Waals surface area contributed by atoms with Crippen molar-refractivity contribution in [1.82, 2.24) is 5.32 Å². The van der Waals surface area contributed by atoms with Crippen molar-refractivity contribution in [1.29, 1.82) is 5.26 Å². The van der Waals surface area contributed by atoms with Gasteiger partial charge in [-0.25, -0.2) is 9.59 Å². The maximum absolute atomic E-state index is 12.8. The van der Waals surface area contributed by atoms with Gasteiger partial charge in [0.15, 0.2) is 0 Å². The Morgan fingerprint density at radius 2 is 2.00 bits per heavy atom. The predicted octanol–water partition coefficient (Wildman–Crippen LogP) is 4.12. The Hall–Kier alpha value is -3.11. The monoisotopic (exact) mass is 381 g/mol. The average Bonchev–Trinajstić information content (AvgIpc) is 3.15. The van der Waals surface area contributed by atoms with Gasteiger partial charge in [0.1, 0.15) is 0 Å². The van der Waals surface area contributed by atoms with Crippen LogP contribution in [-0.4, -0.2) is 18.1 Å². The van der Waals surface area contributed by atoms with Crippen LogP contribution in [0.1, 0.15) is 37.9 Å². The predicted molar refractivity (Wildman–Crippen MR) is 103 cm³/mol. The van der Waals surface area contributed by atoms with Crippen LogP contribution in [-0.2, 0) is 9.53 Å². The minimum atomic E-state index is -0.565. The van der Waals surface area contributed by atoms with Crippen molar-refractivity contribution in [2.24, 2.45) is 0 Å². The number of allylic oxidation sites excluding steroid dienone is 1. The van der Waals surface area contributed by atoms with Crippen molar-refractivity contribution < 1.29 is 14.3 Å². The molecule has 1 aromatic heterocycles. The normalized spacial score (nSPS) is 16.9. The summed E-state index contributed by atoms with van der Waals surface area (Å²) >= 11 is 1.49. The zero-order valence-electron chi connectivity index (χ0n) is 15.2. The third-order valence-electron chi connectivity index (χ3n) is 4.18. The minimum absolute atomic E-state index is 0.276. The van der Waals surface area contributed by atoms with E-state index in [0.717, 1.165) is 5.56 Å². The van der Waals surface area contributed by atoms with Gasteiger partial charge in [-0.3, -0.25) is 4.90 Å². The van der Waals surface area contributed by atoms with E-state index < -0.39 is 12.0 Å². The fourth-order valence-electron chi connectivity index (χ4n) is 2.97. The molecule has 0 saturated carbocycles. The van der Waals surface area contributed by atoms with Crippen LogP contribution in [0.3, 0.4) is 0 Å². The molecule has 0 radical (unpaired) electrons. The van der Waals surface area contributed by atoms with Crippen molar-refractivity contribution in [3.8, 4) is 6.07 Å². The number of carbonyl (C=O) groups excluding carboxylic acids is 2. The number of benzene rings is 1. The summed E-state index contributed by atoms with van der Waals surface area (Å²) in [6.07, 6.45) is -0.276. The largest absolute Gasteiger partial charge is 0.459 e. The Morgan fingerprint density at radius 3 is 2.56 bits per heavy atom. The van der Waals surface area contributed by atoms with Crippen molar-refractivity contribution in [2.45, 2.75) is 32.9 Å². The van der Waals surface area contributed by atoms with Crippen LogP contribution >= 0.6 is 11.3 Å². The van der Waals surface area contributed by atoms with Gasteiger partial charge in [0.2, 0.25) is 0 Å². The van der Waals surface area contributed by atoms with Crippen molar-refractivity contribution >= 4 is 29.0 Å². The first-order valence-electron chi connectivity index (χ1n) is 8.47. The molecular weight excluding hydrogens is 362 g/mol. The van der Waals surface area contributed by atoms with Crippen LogP contribution < -0.4 is 10.2 Å². The first-order valence-corrected chi connectivity index (χ1v) is 9.41. The molecule has 2 aromatic rings. The molecule has 0 bridgehead atoms. The van der Waals surface area contributed by atoms with E-state index in [1.165, 1.54) is 16.2 Å². The van der Waals surface area contributed by atoms with E-state index >= 15 is 0 Å². The number of esters is 1. The summed E-state index contributed by atoms with van der Waals surface area (Å²) in [7, 11) is 0. The first kappa shape index (κ1) is 18.7. The van der Waals surface area contributed by atoms with E-state index in [1.54, 1.807) is 45.0 Å². The maximum Gasteiger partial charge on any atom is 0.338 e.